The molecule has 0 radical (unpaired) electrons. The van der Waals surface area contributed by atoms with Crippen LogP contribution in [0.25, 0.3) is 0 Å². The molecular formula is C12H24O2. The smallest absolute Gasteiger partial charge is 0.309 e. The summed E-state index contributed by atoms with van der Waals surface area (Å²) >= 11 is 0. The minimum Gasteiger partial charge on any atom is -0.462 e. The zero-order valence-corrected chi connectivity index (χ0v) is 10.0. The summed E-state index contributed by atoms with van der Waals surface area (Å²) in [6, 6.07) is 0. The van der Waals surface area contributed by atoms with Crippen LogP contribution >= 0.6 is 0 Å². The van der Waals surface area contributed by atoms with Gasteiger partial charge in [0.05, 0.1) is 12.0 Å². The molecule has 0 aromatic heterocycles. The van der Waals surface area contributed by atoms with Crippen LogP contribution in [0.1, 0.15) is 59.8 Å². The average molecular weight is 200 g/mol. The summed E-state index contributed by atoms with van der Waals surface area (Å²) in [4.78, 5) is 11.7. The van der Waals surface area contributed by atoms with Gasteiger partial charge in [0.2, 0.25) is 0 Å². The summed E-state index contributed by atoms with van der Waals surface area (Å²) in [7, 11) is 0. The van der Waals surface area contributed by atoms with Gasteiger partial charge in [-0.05, 0) is 26.2 Å². The highest BCUT2D eigenvalue weighted by molar-refractivity contribution is 5.72. The summed E-state index contributed by atoms with van der Waals surface area (Å²) < 4.78 is 5.33. The molecule has 0 saturated heterocycles. The van der Waals surface area contributed by atoms with Crippen LogP contribution in [-0.4, -0.2) is 12.1 Å². The van der Waals surface area contributed by atoms with E-state index in [1.54, 1.807) is 0 Å². The van der Waals surface area contributed by atoms with Crippen molar-refractivity contribution in [2.45, 2.75) is 65.9 Å². The van der Waals surface area contributed by atoms with Crippen molar-refractivity contribution in [3.05, 3.63) is 0 Å². The number of rotatable bonds is 7. The second kappa shape index (κ2) is 7.84. The van der Waals surface area contributed by atoms with Gasteiger partial charge in [0, 0.05) is 0 Å². The van der Waals surface area contributed by atoms with Crippen LogP contribution < -0.4 is 0 Å². The van der Waals surface area contributed by atoms with Gasteiger partial charge >= 0.3 is 5.97 Å². The Hall–Kier alpha value is -0.530. The Kier molecular flexibility index (Phi) is 7.54. The fraction of sp³-hybridized carbons (Fsp3) is 0.917. The van der Waals surface area contributed by atoms with Gasteiger partial charge in [-0.3, -0.25) is 4.79 Å². The number of hydrogen-bond acceptors (Lipinski definition) is 2. The van der Waals surface area contributed by atoms with Crippen molar-refractivity contribution in [3.8, 4) is 0 Å². The van der Waals surface area contributed by atoms with Gasteiger partial charge in [0.1, 0.15) is 0 Å². The van der Waals surface area contributed by atoms with Crippen LogP contribution in [0.4, 0.5) is 0 Å². The Morgan fingerprint density at radius 3 is 2.00 bits per heavy atom. The number of carbonyl (C=O) groups excluding carboxylic acids is 1. The van der Waals surface area contributed by atoms with E-state index in [4.69, 9.17) is 4.74 Å². The minimum atomic E-state index is 0.00282. The fourth-order valence-corrected chi connectivity index (χ4v) is 1.45. The van der Waals surface area contributed by atoms with Gasteiger partial charge in [-0.15, -0.1) is 0 Å². The molecule has 1 atom stereocenters. The third-order valence-corrected chi connectivity index (χ3v) is 2.50. The van der Waals surface area contributed by atoms with E-state index in [0.717, 1.165) is 32.1 Å². The first kappa shape index (κ1) is 13.5. The molecular weight excluding hydrogens is 176 g/mol. The fourth-order valence-electron chi connectivity index (χ4n) is 1.45. The quantitative estimate of drug-likeness (QED) is 0.587. The first-order chi connectivity index (χ1) is 6.65. The van der Waals surface area contributed by atoms with Gasteiger partial charge in [0.25, 0.3) is 0 Å². The number of hydrogen-bond donors (Lipinski definition) is 0. The summed E-state index contributed by atoms with van der Waals surface area (Å²) in [6.45, 7) is 8.21. The van der Waals surface area contributed by atoms with Gasteiger partial charge in [0.15, 0.2) is 0 Å². The first-order valence-corrected chi connectivity index (χ1v) is 5.86. The summed E-state index contributed by atoms with van der Waals surface area (Å²) in [5.41, 5.74) is 0. The molecule has 2 heteroatoms. The zero-order chi connectivity index (χ0) is 11.0. The molecule has 84 valence electrons. The van der Waals surface area contributed by atoms with Crippen LogP contribution in [-0.2, 0) is 9.53 Å². The summed E-state index contributed by atoms with van der Waals surface area (Å²) in [6.07, 6.45) is 5.00. The van der Waals surface area contributed by atoms with Crippen LogP contribution in [0.2, 0.25) is 0 Å². The van der Waals surface area contributed by atoms with Crippen molar-refractivity contribution in [2.24, 2.45) is 5.92 Å². The van der Waals surface area contributed by atoms with E-state index in [2.05, 4.69) is 13.8 Å². The molecule has 0 N–H and O–H groups in total. The lowest BCUT2D eigenvalue weighted by Crippen LogP contribution is -2.22. The van der Waals surface area contributed by atoms with Gasteiger partial charge in [-0.2, -0.15) is 0 Å². The van der Waals surface area contributed by atoms with Crippen LogP contribution in [0.15, 0.2) is 0 Å². The van der Waals surface area contributed by atoms with Crippen LogP contribution in [0, 0.1) is 5.92 Å². The Morgan fingerprint density at radius 2 is 1.64 bits per heavy atom. The number of ether oxygens (including phenoxy) is 1. The highest BCUT2D eigenvalue weighted by Crippen LogP contribution is 2.16. The molecule has 1 unspecified atom stereocenters. The van der Waals surface area contributed by atoms with Crippen molar-refractivity contribution in [2.75, 3.05) is 0 Å². The second-order valence-electron chi connectivity index (χ2n) is 3.93. The molecule has 0 bridgehead atoms. The molecule has 0 aliphatic carbocycles. The van der Waals surface area contributed by atoms with E-state index < -0.39 is 0 Å². The second-order valence-corrected chi connectivity index (χ2v) is 3.93. The van der Waals surface area contributed by atoms with E-state index in [1.807, 2.05) is 13.8 Å². The summed E-state index contributed by atoms with van der Waals surface area (Å²) in [5, 5.41) is 0. The summed E-state index contributed by atoms with van der Waals surface area (Å²) in [5.74, 6) is 0.127. The molecule has 0 saturated carbocycles. The van der Waals surface area contributed by atoms with E-state index in [9.17, 15) is 4.79 Å². The molecule has 14 heavy (non-hydrogen) atoms. The van der Waals surface area contributed by atoms with Gasteiger partial charge in [-0.25, -0.2) is 0 Å². The van der Waals surface area contributed by atoms with E-state index in [0.29, 0.717) is 0 Å². The molecule has 0 amide bonds. The maximum absolute atomic E-state index is 11.7. The van der Waals surface area contributed by atoms with Crippen molar-refractivity contribution < 1.29 is 9.53 Å². The van der Waals surface area contributed by atoms with Crippen molar-refractivity contribution >= 4 is 5.97 Å². The highest BCUT2D eigenvalue weighted by Gasteiger charge is 2.19. The van der Waals surface area contributed by atoms with E-state index in [1.165, 1.54) is 0 Å². The van der Waals surface area contributed by atoms with E-state index >= 15 is 0 Å². The molecule has 0 aliphatic rings. The SMILES string of the molecule is CCCC(CCC)C(=O)OC(C)CC. The first-order valence-electron chi connectivity index (χ1n) is 5.86. The lowest BCUT2D eigenvalue weighted by Gasteiger charge is -2.17. The zero-order valence-electron chi connectivity index (χ0n) is 10.0. The monoisotopic (exact) mass is 200 g/mol. The molecule has 0 heterocycles. The molecule has 0 spiro atoms. The molecule has 0 aromatic carbocycles. The maximum atomic E-state index is 11.7. The lowest BCUT2D eigenvalue weighted by molar-refractivity contribution is -0.153. The normalized spacial score (nSPS) is 12.9. The number of carbonyl (C=O) groups is 1. The van der Waals surface area contributed by atoms with Crippen LogP contribution in [0.5, 0.6) is 0 Å². The Bertz CT molecular complexity index is 148. The topological polar surface area (TPSA) is 26.3 Å². The average Bonchev–Trinajstić information content (AvgIpc) is 2.17. The highest BCUT2D eigenvalue weighted by atomic mass is 16.5. The molecule has 0 rings (SSSR count). The molecule has 0 aromatic rings. The predicted molar refractivity (Wildman–Crippen MR) is 59.2 cm³/mol. The molecule has 0 fully saturated rings. The lowest BCUT2D eigenvalue weighted by atomic mass is 9.98. The number of esters is 1. The Labute approximate surface area is 88.0 Å². The Morgan fingerprint density at radius 1 is 1.14 bits per heavy atom. The third-order valence-electron chi connectivity index (χ3n) is 2.50. The van der Waals surface area contributed by atoms with Crippen molar-refractivity contribution in [1.29, 1.82) is 0 Å². The van der Waals surface area contributed by atoms with Gasteiger partial charge in [-0.1, -0.05) is 33.6 Å². The Balaban J connectivity index is 4.00. The minimum absolute atomic E-state index is 0.00282. The van der Waals surface area contributed by atoms with E-state index in [-0.39, 0.29) is 18.0 Å². The molecule has 0 aliphatic heterocycles. The van der Waals surface area contributed by atoms with Crippen molar-refractivity contribution in [1.82, 2.24) is 0 Å². The van der Waals surface area contributed by atoms with Gasteiger partial charge < -0.3 is 4.74 Å². The third kappa shape index (κ3) is 5.25. The maximum Gasteiger partial charge on any atom is 0.309 e. The molecule has 2 nitrogen and oxygen atoms in total. The van der Waals surface area contributed by atoms with Crippen molar-refractivity contribution in [3.63, 3.8) is 0 Å². The largest absolute Gasteiger partial charge is 0.462 e. The predicted octanol–water partition coefficient (Wildman–Crippen LogP) is 3.54. The standard InChI is InChI=1S/C12H24O2/c1-5-8-11(9-6-2)12(13)14-10(4)7-3/h10-11H,5-9H2,1-4H3. The van der Waals surface area contributed by atoms with Crippen LogP contribution in [0.3, 0.4) is 0 Å².